The number of nitrogens with one attached hydrogen (secondary N) is 2. The number of rotatable bonds is 8. The number of sulfonamides is 1. The van der Waals surface area contributed by atoms with Crippen LogP contribution in [0.4, 0.5) is 0 Å². The van der Waals surface area contributed by atoms with Crippen LogP contribution in [0.1, 0.15) is 47.9 Å². The molecule has 0 unspecified atom stereocenters. The van der Waals surface area contributed by atoms with Gasteiger partial charge < -0.3 is 10.6 Å². The maximum absolute atomic E-state index is 13.5. The van der Waals surface area contributed by atoms with Crippen LogP contribution in [0.15, 0.2) is 53.7 Å². The van der Waals surface area contributed by atoms with Gasteiger partial charge in [0.25, 0.3) is 10.0 Å². The van der Waals surface area contributed by atoms with Crippen LogP contribution < -0.4 is 10.6 Å². The lowest BCUT2D eigenvalue weighted by Gasteiger charge is -2.31. The standard InChI is InChI=1S/C27H33ClN4O4S/c1-19-15-25(20(2)14-23(19)28)37(35,36)32-13-10-29-27(34)24(32)16-26(33)30-17-21-6-8-22(9-7-21)18-31-11-4-3-5-12-31/h6-10,13-15,24H,3-5,11-12,16-18H2,1-2H3,(H,29,34)(H,30,33)/t24-/m1/s1. The van der Waals surface area contributed by atoms with Gasteiger partial charge in [-0.25, -0.2) is 8.42 Å². The molecule has 1 fully saturated rings. The van der Waals surface area contributed by atoms with Gasteiger partial charge >= 0.3 is 0 Å². The smallest absolute Gasteiger partial charge is 0.264 e. The molecule has 2 aliphatic heterocycles. The van der Waals surface area contributed by atoms with Gasteiger partial charge in [0.2, 0.25) is 11.8 Å². The van der Waals surface area contributed by atoms with Gasteiger partial charge in [0.15, 0.2) is 0 Å². The molecule has 0 radical (unpaired) electrons. The molecular formula is C27H33ClN4O4S. The van der Waals surface area contributed by atoms with Crippen molar-refractivity contribution in [3.05, 3.63) is 76.1 Å². The van der Waals surface area contributed by atoms with Gasteiger partial charge in [-0.1, -0.05) is 42.3 Å². The molecule has 2 aliphatic rings. The maximum atomic E-state index is 13.5. The average molecular weight is 545 g/mol. The third-order valence-corrected chi connectivity index (χ3v) is 9.15. The van der Waals surface area contributed by atoms with E-state index in [1.54, 1.807) is 19.9 Å². The topological polar surface area (TPSA) is 98.8 Å². The summed E-state index contributed by atoms with van der Waals surface area (Å²) in [5, 5.41) is 5.78. The van der Waals surface area contributed by atoms with Crippen LogP contribution in [0, 0.1) is 13.8 Å². The van der Waals surface area contributed by atoms with Crippen molar-refractivity contribution in [2.24, 2.45) is 0 Å². The van der Waals surface area contributed by atoms with Crippen LogP contribution in [0.2, 0.25) is 5.02 Å². The van der Waals surface area contributed by atoms with E-state index in [1.807, 2.05) is 12.1 Å². The summed E-state index contributed by atoms with van der Waals surface area (Å²) in [5.74, 6) is -0.983. The lowest BCUT2D eigenvalue weighted by atomic mass is 10.1. The highest BCUT2D eigenvalue weighted by Crippen LogP contribution is 2.29. The Labute approximate surface area is 223 Å². The molecule has 0 aromatic heterocycles. The molecule has 0 spiro atoms. The molecule has 2 aromatic carbocycles. The quantitative estimate of drug-likeness (QED) is 0.529. The maximum Gasteiger partial charge on any atom is 0.264 e. The predicted octanol–water partition coefficient (Wildman–Crippen LogP) is 3.61. The lowest BCUT2D eigenvalue weighted by Crippen LogP contribution is -2.51. The molecule has 0 bridgehead atoms. The first-order valence-corrected chi connectivity index (χ1v) is 14.3. The summed E-state index contributed by atoms with van der Waals surface area (Å²) in [5.41, 5.74) is 3.23. The summed E-state index contributed by atoms with van der Waals surface area (Å²) in [6, 6.07) is 9.96. The Bertz CT molecular complexity index is 1290. The highest BCUT2D eigenvalue weighted by molar-refractivity contribution is 7.89. The van der Waals surface area contributed by atoms with E-state index in [4.69, 9.17) is 11.6 Å². The fourth-order valence-corrected chi connectivity index (χ4v) is 6.63. The number of halogens is 1. The molecule has 2 aromatic rings. The van der Waals surface area contributed by atoms with Gasteiger partial charge in [0.1, 0.15) is 6.04 Å². The number of carbonyl (C=O) groups is 2. The molecule has 0 aliphatic carbocycles. The van der Waals surface area contributed by atoms with E-state index in [-0.39, 0.29) is 17.9 Å². The van der Waals surface area contributed by atoms with E-state index >= 15 is 0 Å². The monoisotopic (exact) mass is 544 g/mol. The molecule has 10 heteroatoms. The average Bonchev–Trinajstić information content (AvgIpc) is 2.87. The van der Waals surface area contributed by atoms with E-state index in [0.29, 0.717) is 16.1 Å². The van der Waals surface area contributed by atoms with Crippen molar-refractivity contribution in [1.82, 2.24) is 19.8 Å². The van der Waals surface area contributed by atoms with E-state index in [0.717, 1.165) is 29.5 Å². The van der Waals surface area contributed by atoms with Gasteiger partial charge in [-0.2, -0.15) is 0 Å². The second-order valence-corrected chi connectivity index (χ2v) is 11.9. The Morgan fingerprint density at radius 3 is 2.43 bits per heavy atom. The van der Waals surface area contributed by atoms with Crippen molar-refractivity contribution < 1.29 is 18.0 Å². The molecule has 2 N–H and O–H groups in total. The van der Waals surface area contributed by atoms with Crippen molar-refractivity contribution in [2.45, 2.75) is 63.6 Å². The summed E-state index contributed by atoms with van der Waals surface area (Å²) in [6.45, 7) is 6.83. The van der Waals surface area contributed by atoms with Crippen molar-refractivity contribution >= 4 is 33.4 Å². The molecule has 198 valence electrons. The predicted molar refractivity (Wildman–Crippen MR) is 143 cm³/mol. The van der Waals surface area contributed by atoms with Crippen LogP contribution in [-0.2, 0) is 32.7 Å². The molecule has 1 atom stereocenters. The molecular weight excluding hydrogens is 512 g/mol. The van der Waals surface area contributed by atoms with E-state index < -0.39 is 27.9 Å². The first kappa shape index (κ1) is 27.2. The minimum atomic E-state index is -4.10. The number of piperidine rings is 1. The van der Waals surface area contributed by atoms with Gasteiger partial charge in [-0.05, 0) is 74.2 Å². The Morgan fingerprint density at radius 2 is 1.73 bits per heavy atom. The molecule has 8 nitrogen and oxygen atoms in total. The zero-order valence-electron chi connectivity index (χ0n) is 21.2. The van der Waals surface area contributed by atoms with Crippen molar-refractivity contribution in [3.63, 3.8) is 0 Å². The SMILES string of the molecule is Cc1cc(S(=O)(=O)N2C=CNC(=O)[C@H]2CC(=O)NCc2ccc(CN3CCCCC3)cc2)c(C)cc1Cl. The zero-order valence-corrected chi connectivity index (χ0v) is 22.7. The van der Waals surface area contributed by atoms with E-state index in [1.165, 1.54) is 43.3 Å². The number of carbonyl (C=O) groups excluding carboxylic acids is 2. The van der Waals surface area contributed by atoms with Gasteiger partial charge in [-0.3, -0.25) is 18.8 Å². The summed E-state index contributed by atoms with van der Waals surface area (Å²) >= 11 is 6.14. The van der Waals surface area contributed by atoms with Crippen LogP contribution in [0.3, 0.4) is 0 Å². The van der Waals surface area contributed by atoms with E-state index in [9.17, 15) is 18.0 Å². The fraction of sp³-hybridized carbons (Fsp3) is 0.407. The Kier molecular flexibility index (Phi) is 8.56. The largest absolute Gasteiger partial charge is 0.352 e. The van der Waals surface area contributed by atoms with Gasteiger partial charge in [-0.15, -0.1) is 0 Å². The Morgan fingerprint density at radius 1 is 1.05 bits per heavy atom. The number of nitrogens with zero attached hydrogens (tertiary/aromatic N) is 2. The molecule has 37 heavy (non-hydrogen) atoms. The molecule has 4 rings (SSSR count). The number of hydrogen-bond donors (Lipinski definition) is 2. The third kappa shape index (κ3) is 6.52. The van der Waals surface area contributed by atoms with Gasteiger partial charge in [0, 0.05) is 30.5 Å². The van der Waals surface area contributed by atoms with Crippen LogP contribution in [-0.4, -0.2) is 48.6 Å². The second-order valence-electron chi connectivity index (χ2n) is 9.68. The molecule has 0 saturated carbocycles. The molecule has 1 saturated heterocycles. The highest BCUT2D eigenvalue weighted by atomic mass is 35.5. The Balaban J connectivity index is 1.40. The number of hydrogen-bond acceptors (Lipinski definition) is 5. The minimum Gasteiger partial charge on any atom is -0.352 e. The number of amides is 2. The highest BCUT2D eigenvalue weighted by Gasteiger charge is 2.37. The van der Waals surface area contributed by atoms with Crippen LogP contribution in [0.5, 0.6) is 0 Å². The first-order chi connectivity index (χ1) is 17.6. The summed E-state index contributed by atoms with van der Waals surface area (Å²) in [7, 11) is -4.10. The number of benzene rings is 2. The Hall–Kier alpha value is -2.88. The van der Waals surface area contributed by atoms with Crippen molar-refractivity contribution in [3.8, 4) is 0 Å². The molecule has 2 amide bonds. The summed E-state index contributed by atoms with van der Waals surface area (Å²) in [4.78, 5) is 27.9. The van der Waals surface area contributed by atoms with Crippen molar-refractivity contribution in [1.29, 1.82) is 0 Å². The minimum absolute atomic E-state index is 0.0452. The first-order valence-electron chi connectivity index (χ1n) is 12.5. The second kappa shape index (κ2) is 11.7. The zero-order chi connectivity index (χ0) is 26.6. The number of aryl methyl sites for hydroxylation is 2. The van der Waals surface area contributed by atoms with Crippen LogP contribution in [0.25, 0.3) is 0 Å². The fourth-order valence-electron chi connectivity index (χ4n) is 4.67. The number of likely N-dealkylation sites (tertiary alicyclic amines) is 1. The summed E-state index contributed by atoms with van der Waals surface area (Å²) < 4.78 is 27.9. The third-order valence-electron chi connectivity index (χ3n) is 6.81. The van der Waals surface area contributed by atoms with Crippen LogP contribution >= 0.6 is 11.6 Å². The normalized spacial score (nSPS) is 18.5. The van der Waals surface area contributed by atoms with Crippen molar-refractivity contribution in [2.75, 3.05) is 13.1 Å². The lowest BCUT2D eigenvalue weighted by molar-refractivity contribution is -0.129. The summed E-state index contributed by atoms with van der Waals surface area (Å²) in [6.07, 6.45) is 6.02. The van der Waals surface area contributed by atoms with E-state index in [2.05, 4.69) is 27.7 Å². The van der Waals surface area contributed by atoms with Gasteiger partial charge in [0.05, 0.1) is 11.3 Å². The molecule has 2 heterocycles.